The molecule has 1 aliphatic carbocycles. The third-order valence-electron chi connectivity index (χ3n) is 5.48. The van der Waals surface area contributed by atoms with Gasteiger partial charge in [-0.3, -0.25) is 9.36 Å². The standard InChI is InChI=1S/C18H22N4O2/c1-21-16(18(9-10-18)14-5-3-2-4-6-14)19-20-17(21)22-11-7-13(8-12-22)15(23)24/h2-6,13H,7-12H2,1H3,(H,23,24). The molecule has 1 saturated heterocycles. The van der Waals surface area contributed by atoms with Crippen LogP contribution in [0.2, 0.25) is 0 Å². The van der Waals surface area contributed by atoms with E-state index in [9.17, 15) is 4.79 Å². The minimum atomic E-state index is -0.686. The summed E-state index contributed by atoms with van der Waals surface area (Å²) >= 11 is 0. The highest BCUT2D eigenvalue weighted by atomic mass is 16.4. The topological polar surface area (TPSA) is 71.2 Å². The summed E-state index contributed by atoms with van der Waals surface area (Å²) in [6.45, 7) is 1.45. The van der Waals surface area contributed by atoms with Gasteiger partial charge in [0.05, 0.1) is 11.3 Å². The summed E-state index contributed by atoms with van der Waals surface area (Å²) in [6, 6.07) is 10.5. The van der Waals surface area contributed by atoms with E-state index in [1.165, 1.54) is 5.56 Å². The molecule has 0 amide bonds. The first-order chi connectivity index (χ1) is 11.6. The second-order valence-corrected chi connectivity index (χ2v) is 6.93. The lowest BCUT2D eigenvalue weighted by Gasteiger charge is -2.30. The largest absolute Gasteiger partial charge is 0.481 e. The van der Waals surface area contributed by atoms with E-state index in [-0.39, 0.29) is 11.3 Å². The van der Waals surface area contributed by atoms with E-state index in [1.54, 1.807) is 0 Å². The lowest BCUT2D eigenvalue weighted by molar-refractivity contribution is -0.142. The predicted molar refractivity (Wildman–Crippen MR) is 90.0 cm³/mol. The maximum Gasteiger partial charge on any atom is 0.306 e. The summed E-state index contributed by atoms with van der Waals surface area (Å²) in [5, 5.41) is 18.1. The third kappa shape index (κ3) is 2.37. The number of carbonyl (C=O) groups is 1. The van der Waals surface area contributed by atoms with Crippen LogP contribution in [0.3, 0.4) is 0 Å². The van der Waals surface area contributed by atoms with Crippen molar-refractivity contribution in [2.75, 3.05) is 18.0 Å². The zero-order valence-corrected chi connectivity index (χ0v) is 13.9. The molecule has 1 N–H and O–H groups in total. The minimum absolute atomic E-state index is 0.000641. The van der Waals surface area contributed by atoms with Crippen molar-refractivity contribution in [3.63, 3.8) is 0 Å². The van der Waals surface area contributed by atoms with Gasteiger partial charge in [0, 0.05) is 20.1 Å². The Morgan fingerprint density at radius 2 is 1.83 bits per heavy atom. The molecule has 0 unspecified atom stereocenters. The number of piperidine rings is 1. The smallest absolute Gasteiger partial charge is 0.306 e. The molecule has 2 fully saturated rings. The molecule has 1 aromatic heterocycles. The Bertz CT molecular complexity index is 744. The second kappa shape index (κ2) is 5.61. The predicted octanol–water partition coefficient (Wildman–Crippen LogP) is 2.20. The highest BCUT2D eigenvalue weighted by molar-refractivity contribution is 5.70. The molecule has 24 heavy (non-hydrogen) atoms. The number of anilines is 1. The number of aliphatic carboxylic acids is 1. The Morgan fingerprint density at radius 3 is 2.42 bits per heavy atom. The maximum absolute atomic E-state index is 11.1. The van der Waals surface area contributed by atoms with Gasteiger partial charge in [0.15, 0.2) is 0 Å². The van der Waals surface area contributed by atoms with Crippen molar-refractivity contribution in [1.29, 1.82) is 0 Å². The molecule has 2 aromatic rings. The van der Waals surface area contributed by atoms with Crippen LogP contribution in [0.5, 0.6) is 0 Å². The monoisotopic (exact) mass is 326 g/mol. The molecule has 0 atom stereocenters. The van der Waals surface area contributed by atoms with Crippen molar-refractivity contribution in [2.45, 2.75) is 31.1 Å². The van der Waals surface area contributed by atoms with Gasteiger partial charge in [-0.2, -0.15) is 0 Å². The van der Waals surface area contributed by atoms with E-state index in [4.69, 9.17) is 5.11 Å². The zero-order chi connectivity index (χ0) is 16.7. The fraction of sp³-hybridized carbons (Fsp3) is 0.500. The summed E-state index contributed by atoms with van der Waals surface area (Å²) in [6.07, 6.45) is 3.54. The SMILES string of the molecule is Cn1c(N2CCC(C(=O)O)CC2)nnc1C1(c2ccccc2)CC1. The van der Waals surface area contributed by atoms with Crippen molar-refractivity contribution in [2.24, 2.45) is 13.0 Å². The van der Waals surface area contributed by atoms with Crippen molar-refractivity contribution in [1.82, 2.24) is 14.8 Å². The number of nitrogens with zero attached hydrogens (tertiary/aromatic N) is 4. The zero-order valence-electron chi connectivity index (χ0n) is 13.9. The van der Waals surface area contributed by atoms with Crippen LogP contribution < -0.4 is 4.90 Å². The number of hydrogen-bond acceptors (Lipinski definition) is 4. The van der Waals surface area contributed by atoms with E-state index in [0.717, 1.165) is 37.7 Å². The van der Waals surface area contributed by atoms with Crippen molar-refractivity contribution < 1.29 is 9.90 Å². The number of carboxylic acids is 1. The average Bonchev–Trinajstić information content (AvgIpc) is 3.33. The lowest BCUT2D eigenvalue weighted by Crippen LogP contribution is -2.37. The summed E-state index contributed by atoms with van der Waals surface area (Å²) in [5.74, 6) is 0.961. The number of hydrogen-bond donors (Lipinski definition) is 1. The van der Waals surface area contributed by atoms with Crippen LogP contribution in [0, 0.1) is 5.92 Å². The molecule has 1 saturated carbocycles. The van der Waals surface area contributed by atoms with Crippen molar-refractivity contribution in [3.05, 3.63) is 41.7 Å². The van der Waals surface area contributed by atoms with E-state index in [2.05, 4.69) is 43.9 Å². The van der Waals surface area contributed by atoms with Gasteiger partial charge in [0.2, 0.25) is 5.95 Å². The summed E-state index contributed by atoms with van der Waals surface area (Å²) in [4.78, 5) is 13.3. The molecular formula is C18H22N4O2. The number of benzene rings is 1. The third-order valence-corrected chi connectivity index (χ3v) is 5.48. The van der Waals surface area contributed by atoms with Crippen molar-refractivity contribution in [3.8, 4) is 0 Å². The number of rotatable bonds is 4. The van der Waals surface area contributed by atoms with E-state index in [0.29, 0.717) is 12.8 Å². The van der Waals surface area contributed by atoms with E-state index in [1.807, 2.05) is 13.1 Å². The Morgan fingerprint density at radius 1 is 1.17 bits per heavy atom. The van der Waals surface area contributed by atoms with Gasteiger partial charge in [-0.1, -0.05) is 30.3 Å². The highest BCUT2D eigenvalue weighted by Gasteiger charge is 2.50. The normalized spacial score (nSPS) is 20.1. The first kappa shape index (κ1) is 15.2. The molecular weight excluding hydrogens is 304 g/mol. The quantitative estimate of drug-likeness (QED) is 0.932. The summed E-state index contributed by atoms with van der Waals surface area (Å²) < 4.78 is 2.10. The first-order valence-corrected chi connectivity index (χ1v) is 8.55. The van der Waals surface area contributed by atoms with Gasteiger partial charge in [-0.25, -0.2) is 0 Å². The van der Waals surface area contributed by atoms with Crippen LogP contribution in [0.15, 0.2) is 30.3 Å². The van der Waals surface area contributed by atoms with Crippen LogP contribution in [0.25, 0.3) is 0 Å². The Balaban J connectivity index is 1.58. The van der Waals surface area contributed by atoms with Gasteiger partial charge in [-0.05, 0) is 31.2 Å². The maximum atomic E-state index is 11.1. The van der Waals surface area contributed by atoms with Crippen LogP contribution in [-0.2, 0) is 17.3 Å². The van der Waals surface area contributed by atoms with Gasteiger partial charge < -0.3 is 10.0 Å². The first-order valence-electron chi connectivity index (χ1n) is 8.55. The highest BCUT2D eigenvalue weighted by Crippen LogP contribution is 2.52. The van der Waals surface area contributed by atoms with Crippen LogP contribution in [0.4, 0.5) is 5.95 Å². The molecule has 6 heteroatoms. The second-order valence-electron chi connectivity index (χ2n) is 6.93. The molecule has 0 radical (unpaired) electrons. The van der Waals surface area contributed by atoms with Crippen LogP contribution in [-0.4, -0.2) is 38.9 Å². The average molecular weight is 326 g/mol. The van der Waals surface area contributed by atoms with E-state index >= 15 is 0 Å². The minimum Gasteiger partial charge on any atom is -0.481 e. The molecule has 2 heterocycles. The van der Waals surface area contributed by atoms with Gasteiger partial charge in [0.1, 0.15) is 5.82 Å². The Hall–Kier alpha value is -2.37. The Kier molecular flexibility index (Phi) is 3.55. The molecule has 126 valence electrons. The van der Waals surface area contributed by atoms with Gasteiger partial charge in [0.25, 0.3) is 0 Å². The molecule has 1 aromatic carbocycles. The summed E-state index contributed by atoms with van der Waals surface area (Å²) in [7, 11) is 2.02. The van der Waals surface area contributed by atoms with Gasteiger partial charge in [-0.15, -0.1) is 10.2 Å². The molecule has 2 aliphatic rings. The Labute approximate surface area is 141 Å². The fourth-order valence-corrected chi connectivity index (χ4v) is 3.86. The number of aromatic nitrogens is 3. The fourth-order valence-electron chi connectivity index (χ4n) is 3.86. The number of carboxylic acid groups (broad SMARTS) is 1. The van der Waals surface area contributed by atoms with E-state index < -0.39 is 5.97 Å². The summed E-state index contributed by atoms with van der Waals surface area (Å²) in [5.41, 5.74) is 1.30. The van der Waals surface area contributed by atoms with Crippen LogP contribution >= 0.6 is 0 Å². The molecule has 1 aliphatic heterocycles. The van der Waals surface area contributed by atoms with Crippen LogP contribution in [0.1, 0.15) is 37.1 Å². The lowest BCUT2D eigenvalue weighted by atomic mass is 9.95. The van der Waals surface area contributed by atoms with Gasteiger partial charge >= 0.3 is 5.97 Å². The molecule has 4 rings (SSSR count). The molecule has 0 spiro atoms. The molecule has 0 bridgehead atoms. The van der Waals surface area contributed by atoms with Crippen molar-refractivity contribution >= 4 is 11.9 Å². The molecule has 6 nitrogen and oxygen atoms in total.